The molecule has 0 unspecified atom stereocenters. The van der Waals surface area contributed by atoms with Gasteiger partial charge >= 0.3 is 0 Å². The van der Waals surface area contributed by atoms with Crippen molar-refractivity contribution in [1.82, 2.24) is 4.98 Å². The number of hydrogen-bond acceptors (Lipinski definition) is 2. The molecule has 0 spiro atoms. The zero-order chi connectivity index (χ0) is 14.1. The van der Waals surface area contributed by atoms with Crippen LogP contribution in [0.2, 0.25) is 0 Å². The fraction of sp³-hybridized carbons (Fsp3) is 0.0625. The maximum Gasteiger partial charge on any atom is 0.256 e. The molecular formula is C16H13FN2O. The molecule has 0 atom stereocenters. The Kier molecular flexibility index (Phi) is 2.99. The van der Waals surface area contributed by atoms with Crippen molar-refractivity contribution < 1.29 is 4.39 Å². The van der Waals surface area contributed by atoms with Crippen molar-refractivity contribution >= 4 is 16.5 Å². The molecule has 3 nitrogen and oxygen atoms in total. The molecule has 0 aliphatic heterocycles. The van der Waals surface area contributed by atoms with E-state index in [1.807, 2.05) is 12.1 Å². The molecule has 4 heteroatoms. The van der Waals surface area contributed by atoms with Gasteiger partial charge in [0.25, 0.3) is 5.56 Å². The minimum atomic E-state index is -0.571. The first-order valence-electron chi connectivity index (χ1n) is 6.26. The van der Waals surface area contributed by atoms with E-state index in [-0.39, 0.29) is 5.56 Å². The van der Waals surface area contributed by atoms with Gasteiger partial charge in [0.1, 0.15) is 6.67 Å². The predicted octanol–water partition coefficient (Wildman–Crippen LogP) is 3.25. The van der Waals surface area contributed by atoms with Crippen LogP contribution in [-0.2, 0) is 6.67 Å². The Morgan fingerprint density at radius 2 is 1.90 bits per heavy atom. The number of rotatable bonds is 2. The van der Waals surface area contributed by atoms with Crippen molar-refractivity contribution in [3.8, 4) is 11.3 Å². The number of alkyl halides is 1. The SMILES string of the molecule is Nc1ccc2cc(-c3ccccc3CF)[nH]c(=O)c2c1. The summed E-state index contributed by atoms with van der Waals surface area (Å²) in [5.41, 5.74) is 7.87. The molecule has 3 rings (SSSR count). The standard InChI is InChI=1S/C16H13FN2O/c17-9-11-3-1-2-4-13(11)15-7-10-5-6-12(18)8-14(10)16(20)19-15/h1-8H,9,18H2,(H,19,20). The van der Waals surface area contributed by atoms with Gasteiger partial charge < -0.3 is 10.7 Å². The van der Waals surface area contributed by atoms with Crippen LogP contribution in [0.5, 0.6) is 0 Å². The molecule has 3 aromatic rings. The van der Waals surface area contributed by atoms with Gasteiger partial charge in [-0.15, -0.1) is 0 Å². The van der Waals surface area contributed by atoms with Gasteiger partial charge in [-0.3, -0.25) is 4.79 Å². The molecule has 100 valence electrons. The number of nitrogen functional groups attached to an aromatic ring is 1. The van der Waals surface area contributed by atoms with Crippen molar-refractivity contribution in [2.24, 2.45) is 0 Å². The summed E-state index contributed by atoms with van der Waals surface area (Å²) < 4.78 is 13.0. The number of fused-ring (bicyclic) bond motifs is 1. The van der Waals surface area contributed by atoms with E-state index < -0.39 is 6.67 Å². The number of H-pyrrole nitrogens is 1. The molecule has 20 heavy (non-hydrogen) atoms. The van der Waals surface area contributed by atoms with Gasteiger partial charge in [-0.25, -0.2) is 4.39 Å². The topological polar surface area (TPSA) is 58.9 Å². The molecule has 3 N–H and O–H groups in total. The van der Waals surface area contributed by atoms with Crippen molar-refractivity contribution in [3.63, 3.8) is 0 Å². The summed E-state index contributed by atoms with van der Waals surface area (Å²) in [6, 6.07) is 14.1. The number of anilines is 1. The van der Waals surface area contributed by atoms with E-state index in [1.54, 1.807) is 36.4 Å². The summed E-state index contributed by atoms with van der Waals surface area (Å²) in [6.45, 7) is -0.571. The molecule has 0 amide bonds. The first-order chi connectivity index (χ1) is 9.69. The van der Waals surface area contributed by atoms with Gasteiger partial charge in [-0.05, 0) is 29.1 Å². The van der Waals surface area contributed by atoms with E-state index in [4.69, 9.17) is 5.73 Å². The number of nitrogens with two attached hydrogens (primary N) is 1. The van der Waals surface area contributed by atoms with Gasteiger partial charge in [0.05, 0.1) is 0 Å². The minimum Gasteiger partial charge on any atom is -0.399 e. The molecule has 0 fully saturated rings. The molecule has 0 saturated carbocycles. The summed E-state index contributed by atoms with van der Waals surface area (Å²) in [5.74, 6) is 0. The molecule has 1 aromatic heterocycles. The largest absolute Gasteiger partial charge is 0.399 e. The van der Waals surface area contributed by atoms with E-state index >= 15 is 0 Å². The summed E-state index contributed by atoms with van der Waals surface area (Å²) in [7, 11) is 0. The van der Waals surface area contributed by atoms with Crippen molar-refractivity contribution in [1.29, 1.82) is 0 Å². The average molecular weight is 268 g/mol. The third-order valence-electron chi connectivity index (χ3n) is 3.32. The van der Waals surface area contributed by atoms with E-state index in [1.165, 1.54) is 0 Å². The summed E-state index contributed by atoms with van der Waals surface area (Å²) in [6.07, 6.45) is 0. The Balaban J connectivity index is 2.28. The molecule has 0 saturated heterocycles. The lowest BCUT2D eigenvalue weighted by Crippen LogP contribution is -2.08. The highest BCUT2D eigenvalue weighted by Crippen LogP contribution is 2.24. The van der Waals surface area contributed by atoms with Crippen LogP contribution in [0.3, 0.4) is 0 Å². The lowest BCUT2D eigenvalue weighted by atomic mass is 10.0. The van der Waals surface area contributed by atoms with Crippen LogP contribution in [0.15, 0.2) is 53.3 Å². The van der Waals surface area contributed by atoms with Crippen molar-refractivity contribution in [2.45, 2.75) is 6.67 Å². The lowest BCUT2D eigenvalue weighted by molar-refractivity contribution is 0.486. The normalized spacial score (nSPS) is 10.8. The van der Waals surface area contributed by atoms with Crippen LogP contribution in [0.4, 0.5) is 10.1 Å². The molecule has 2 aromatic carbocycles. The minimum absolute atomic E-state index is 0.224. The van der Waals surface area contributed by atoms with Gasteiger partial charge in [-0.1, -0.05) is 30.3 Å². The highest BCUT2D eigenvalue weighted by molar-refractivity contribution is 5.87. The van der Waals surface area contributed by atoms with Crippen LogP contribution >= 0.6 is 0 Å². The number of benzene rings is 2. The first-order valence-corrected chi connectivity index (χ1v) is 6.26. The van der Waals surface area contributed by atoms with Gasteiger partial charge in [0.15, 0.2) is 0 Å². The first kappa shape index (κ1) is 12.4. The number of aromatic amines is 1. The molecule has 0 aliphatic carbocycles. The van der Waals surface area contributed by atoms with E-state index in [0.29, 0.717) is 27.9 Å². The maximum absolute atomic E-state index is 13.0. The quantitative estimate of drug-likeness (QED) is 0.701. The van der Waals surface area contributed by atoms with Crippen LogP contribution in [0, 0.1) is 0 Å². The van der Waals surface area contributed by atoms with Crippen molar-refractivity contribution in [2.75, 3.05) is 5.73 Å². The van der Waals surface area contributed by atoms with Crippen LogP contribution in [0.25, 0.3) is 22.0 Å². The summed E-state index contributed by atoms with van der Waals surface area (Å²) >= 11 is 0. The second-order valence-corrected chi connectivity index (χ2v) is 4.65. The van der Waals surface area contributed by atoms with Crippen LogP contribution < -0.4 is 11.3 Å². The Morgan fingerprint density at radius 3 is 2.70 bits per heavy atom. The van der Waals surface area contributed by atoms with E-state index in [2.05, 4.69) is 4.98 Å². The number of halogens is 1. The lowest BCUT2D eigenvalue weighted by Gasteiger charge is -2.08. The third kappa shape index (κ3) is 2.05. The molecule has 1 heterocycles. The van der Waals surface area contributed by atoms with Gasteiger partial charge in [0, 0.05) is 22.3 Å². The molecule has 0 bridgehead atoms. The van der Waals surface area contributed by atoms with Gasteiger partial charge in [0.2, 0.25) is 0 Å². The zero-order valence-corrected chi connectivity index (χ0v) is 10.7. The highest BCUT2D eigenvalue weighted by atomic mass is 19.1. The zero-order valence-electron chi connectivity index (χ0n) is 10.7. The highest BCUT2D eigenvalue weighted by Gasteiger charge is 2.08. The Labute approximate surface area is 114 Å². The fourth-order valence-corrected chi connectivity index (χ4v) is 2.32. The molecular weight excluding hydrogens is 255 g/mol. The molecule has 0 aliphatic rings. The predicted molar refractivity (Wildman–Crippen MR) is 79.2 cm³/mol. The summed E-state index contributed by atoms with van der Waals surface area (Å²) in [5, 5.41) is 1.32. The number of hydrogen-bond donors (Lipinski definition) is 2. The number of pyridine rings is 1. The Morgan fingerprint density at radius 1 is 1.10 bits per heavy atom. The average Bonchev–Trinajstić information content (AvgIpc) is 2.47. The Bertz CT molecular complexity index is 839. The smallest absolute Gasteiger partial charge is 0.256 e. The second kappa shape index (κ2) is 4.81. The van der Waals surface area contributed by atoms with Crippen molar-refractivity contribution in [3.05, 3.63) is 64.4 Å². The van der Waals surface area contributed by atoms with Crippen LogP contribution in [-0.4, -0.2) is 4.98 Å². The van der Waals surface area contributed by atoms with Crippen LogP contribution in [0.1, 0.15) is 5.56 Å². The number of nitrogens with one attached hydrogen (secondary N) is 1. The Hall–Kier alpha value is -2.62. The monoisotopic (exact) mass is 268 g/mol. The van der Waals surface area contributed by atoms with E-state index in [9.17, 15) is 9.18 Å². The third-order valence-corrected chi connectivity index (χ3v) is 3.32. The second-order valence-electron chi connectivity index (χ2n) is 4.65. The molecule has 0 radical (unpaired) electrons. The fourth-order valence-electron chi connectivity index (χ4n) is 2.32. The number of aromatic nitrogens is 1. The van der Waals surface area contributed by atoms with E-state index in [0.717, 1.165) is 5.39 Å². The summed E-state index contributed by atoms with van der Waals surface area (Å²) in [4.78, 5) is 14.9. The van der Waals surface area contributed by atoms with Gasteiger partial charge in [-0.2, -0.15) is 0 Å². The maximum atomic E-state index is 13.0.